The molecule has 1 heterocycles. The zero-order valence-corrected chi connectivity index (χ0v) is 10.9. The van der Waals surface area contributed by atoms with Crippen molar-refractivity contribution >= 4 is 0 Å². The molecule has 19 heavy (non-hydrogen) atoms. The molecule has 1 N–H and O–H groups in total. The van der Waals surface area contributed by atoms with Crippen LogP contribution in [0.2, 0.25) is 0 Å². The SMILES string of the molecule is CC(O)C1CCCCN1Cc1cc(F)c(F)cc1F. The highest BCUT2D eigenvalue weighted by Gasteiger charge is 2.27. The van der Waals surface area contributed by atoms with Gasteiger partial charge in [0.15, 0.2) is 11.6 Å². The van der Waals surface area contributed by atoms with Crippen LogP contribution in [0.4, 0.5) is 13.2 Å². The van der Waals surface area contributed by atoms with Crippen molar-refractivity contribution in [2.45, 2.75) is 44.9 Å². The van der Waals surface area contributed by atoms with Crippen molar-refractivity contribution in [3.8, 4) is 0 Å². The van der Waals surface area contributed by atoms with E-state index in [0.29, 0.717) is 6.07 Å². The standard InChI is InChI=1S/C14H18F3NO/c1-9(19)14-4-2-3-5-18(14)8-10-6-12(16)13(17)7-11(10)15/h6-7,9,14,19H,2-5,8H2,1H3. The van der Waals surface area contributed by atoms with Gasteiger partial charge in [0.1, 0.15) is 5.82 Å². The van der Waals surface area contributed by atoms with Crippen LogP contribution >= 0.6 is 0 Å². The van der Waals surface area contributed by atoms with Crippen LogP contribution in [-0.4, -0.2) is 28.7 Å². The first kappa shape index (κ1) is 14.3. The quantitative estimate of drug-likeness (QED) is 0.856. The Morgan fingerprint density at radius 2 is 1.89 bits per heavy atom. The lowest BCUT2D eigenvalue weighted by Crippen LogP contribution is -2.45. The first-order chi connectivity index (χ1) is 8.99. The number of likely N-dealkylation sites (tertiary alicyclic amines) is 1. The molecule has 2 unspecified atom stereocenters. The Balaban J connectivity index is 2.17. The summed E-state index contributed by atoms with van der Waals surface area (Å²) in [6, 6.07) is 1.42. The minimum Gasteiger partial charge on any atom is -0.392 e. The van der Waals surface area contributed by atoms with Crippen LogP contribution in [0.1, 0.15) is 31.7 Å². The summed E-state index contributed by atoms with van der Waals surface area (Å²) in [5.41, 5.74) is 0.131. The van der Waals surface area contributed by atoms with Crippen LogP contribution in [-0.2, 0) is 6.54 Å². The molecule has 1 aliphatic heterocycles. The second kappa shape index (κ2) is 5.92. The van der Waals surface area contributed by atoms with Crippen LogP contribution in [0.15, 0.2) is 12.1 Å². The zero-order valence-electron chi connectivity index (χ0n) is 10.9. The number of piperidine rings is 1. The van der Waals surface area contributed by atoms with Crippen molar-refractivity contribution < 1.29 is 18.3 Å². The van der Waals surface area contributed by atoms with Gasteiger partial charge in [-0.15, -0.1) is 0 Å². The maximum Gasteiger partial charge on any atom is 0.161 e. The molecule has 0 aliphatic carbocycles. The molecule has 5 heteroatoms. The average Bonchev–Trinajstić information content (AvgIpc) is 2.36. The van der Waals surface area contributed by atoms with E-state index < -0.39 is 23.6 Å². The van der Waals surface area contributed by atoms with Gasteiger partial charge < -0.3 is 5.11 Å². The predicted molar refractivity (Wildman–Crippen MR) is 66.0 cm³/mol. The third kappa shape index (κ3) is 3.28. The van der Waals surface area contributed by atoms with Gasteiger partial charge in [-0.1, -0.05) is 6.42 Å². The number of aliphatic hydroxyl groups is 1. The topological polar surface area (TPSA) is 23.5 Å². The van der Waals surface area contributed by atoms with Gasteiger partial charge in [0.25, 0.3) is 0 Å². The molecule has 0 radical (unpaired) electrons. The van der Waals surface area contributed by atoms with Crippen molar-refractivity contribution in [2.24, 2.45) is 0 Å². The third-order valence-corrected chi connectivity index (χ3v) is 3.68. The predicted octanol–water partition coefficient (Wildman–Crippen LogP) is 2.84. The molecule has 1 fully saturated rings. The second-order valence-corrected chi connectivity index (χ2v) is 5.13. The van der Waals surface area contributed by atoms with Gasteiger partial charge in [-0.05, 0) is 32.4 Å². The molecule has 0 amide bonds. The number of rotatable bonds is 3. The van der Waals surface area contributed by atoms with Crippen LogP contribution in [0.3, 0.4) is 0 Å². The summed E-state index contributed by atoms with van der Waals surface area (Å²) in [5, 5.41) is 9.72. The molecule has 1 aromatic rings. The van der Waals surface area contributed by atoms with Crippen LogP contribution in [0.25, 0.3) is 0 Å². The van der Waals surface area contributed by atoms with Crippen molar-refractivity contribution in [3.63, 3.8) is 0 Å². The Morgan fingerprint density at radius 1 is 1.21 bits per heavy atom. The summed E-state index contributed by atoms with van der Waals surface area (Å²) < 4.78 is 39.7. The molecule has 0 bridgehead atoms. The molecule has 2 nitrogen and oxygen atoms in total. The molecule has 2 atom stereocenters. The molecular formula is C14H18F3NO. The first-order valence-corrected chi connectivity index (χ1v) is 6.54. The van der Waals surface area contributed by atoms with Gasteiger partial charge in [0, 0.05) is 24.2 Å². The molecule has 1 aromatic carbocycles. The Labute approximate surface area is 110 Å². The van der Waals surface area contributed by atoms with Gasteiger partial charge in [-0.25, -0.2) is 13.2 Å². The van der Waals surface area contributed by atoms with E-state index in [1.807, 2.05) is 4.90 Å². The van der Waals surface area contributed by atoms with Gasteiger partial charge in [0.2, 0.25) is 0 Å². The Bertz CT molecular complexity index is 451. The normalized spacial score (nSPS) is 22.5. The molecular weight excluding hydrogens is 255 g/mol. The van der Waals surface area contributed by atoms with E-state index in [0.717, 1.165) is 31.9 Å². The fourth-order valence-corrected chi connectivity index (χ4v) is 2.66. The summed E-state index contributed by atoms with van der Waals surface area (Å²) in [6.07, 6.45) is 2.30. The molecule has 1 saturated heterocycles. The average molecular weight is 273 g/mol. The minimum atomic E-state index is -1.17. The lowest BCUT2D eigenvalue weighted by molar-refractivity contribution is 0.0310. The number of aliphatic hydroxyl groups excluding tert-OH is 1. The summed E-state index contributed by atoms with van der Waals surface area (Å²) in [7, 11) is 0. The van der Waals surface area contributed by atoms with Gasteiger partial charge in [0.05, 0.1) is 6.10 Å². The molecule has 0 saturated carbocycles. The van der Waals surface area contributed by atoms with Gasteiger partial charge in [-0.3, -0.25) is 4.90 Å². The number of hydrogen-bond donors (Lipinski definition) is 1. The minimum absolute atomic E-state index is 0.0544. The Kier molecular flexibility index (Phi) is 4.47. The third-order valence-electron chi connectivity index (χ3n) is 3.68. The molecule has 2 rings (SSSR count). The Hall–Kier alpha value is -1.07. The second-order valence-electron chi connectivity index (χ2n) is 5.13. The van der Waals surface area contributed by atoms with E-state index in [1.54, 1.807) is 6.92 Å². The fraction of sp³-hybridized carbons (Fsp3) is 0.571. The van der Waals surface area contributed by atoms with E-state index in [1.165, 1.54) is 0 Å². The van der Waals surface area contributed by atoms with E-state index in [4.69, 9.17) is 0 Å². The summed E-state index contributed by atoms with van der Waals surface area (Å²) in [6.45, 7) is 2.62. The highest BCUT2D eigenvalue weighted by molar-refractivity contribution is 5.20. The lowest BCUT2D eigenvalue weighted by atomic mass is 9.97. The van der Waals surface area contributed by atoms with Crippen molar-refractivity contribution in [3.05, 3.63) is 35.1 Å². The summed E-state index contributed by atoms with van der Waals surface area (Å²) in [5.74, 6) is -2.96. The highest BCUT2D eigenvalue weighted by Crippen LogP contribution is 2.23. The maximum absolute atomic E-state index is 13.6. The molecule has 0 spiro atoms. The number of hydrogen-bond acceptors (Lipinski definition) is 2. The highest BCUT2D eigenvalue weighted by atomic mass is 19.2. The fourth-order valence-electron chi connectivity index (χ4n) is 2.66. The number of halogens is 3. The Morgan fingerprint density at radius 3 is 2.58 bits per heavy atom. The van der Waals surface area contributed by atoms with Crippen molar-refractivity contribution in [2.75, 3.05) is 6.54 Å². The van der Waals surface area contributed by atoms with Crippen molar-refractivity contribution in [1.29, 1.82) is 0 Å². The maximum atomic E-state index is 13.6. The van der Waals surface area contributed by atoms with Crippen molar-refractivity contribution in [1.82, 2.24) is 4.90 Å². The molecule has 106 valence electrons. The van der Waals surface area contributed by atoms with Crippen LogP contribution in [0, 0.1) is 17.5 Å². The van der Waals surface area contributed by atoms with E-state index >= 15 is 0 Å². The van der Waals surface area contributed by atoms with Gasteiger partial charge in [-0.2, -0.15) is 0 Å². The van der Waals surface area contributed by atoms with E-state index in [2.05, 4.69) is 0 Å². The van der Waals surface area contributed by atoms with E-state index in [9.17, 15) is 18.3 Å². The lowest BCUT2D eigenvalue weighted by Gasteiger charge is -2.37. The van der Waals surface area contributed by atoms with E-state index in [-0.39, 0.29) is 18.2 Å². The smallest absolute Gasteiger partial charge is 0.161 e. The number of benzene rings is 1. The van der Waals surface area contributed by atoms with Crippen LogP contribution in [0.5, 0.6) is 0 Å². The number of nitrogens with zero attached hydrogens (tertiary/aromatic N) is 1. The molecule has 0 aromatic heterocycles. The summed E-state index contributed by atoms with van der Waals surface area (Å²) >= 11 is 0. The zero-order chi connectivity index (χ0) is 14.0. The molecule has 1 aliphatic rings. The monoisotopic (exact) mass is 273 g/mol. The van der Waals surface area contributed by atoms with Crippen LogP contribution < -0.4 is 0 Å². The first-order valence-electron chi connectivity index (χ1n) is 6.54. The summed E-state index contributed by atoms with van der Waals surface area (Å²) in [4.78, 5) is 1.93. The largest absolute Gasteiger partial charge is 0.392 e. The van der Waals surface area contributed by atoms with Gasteiger partial charge >= 0.3 is 0 Å².